The second-order valence-electron chi connectivity index (χ2n) is 3.87. The van der Waals surface area contributed by atoms with Crippen molar-refractivity contribution >= 4 is 33.2 Å². The van der Waals surface area contributed by atoms with Gasteiger partial charge in [0.1, 0.15) is 0 Å². The number of carbonyl (C=O) groups excluding carboxylic acids is 1. The van der Waals surface area contributed by atoms with Gasteiger partial charge in [-0.25, -0.2) is 4.98 Å². The molecule has 18 heavy (non-hydrogen) atoms. The molecule has 0 saturated carbocycles. The topological polar surface area (TPSA) is 42.0 Å². The predicted octanol–water partition coefficient (Wildman–Crippen LogP) is 3.19. The number of nitrogens with zero attached hydrogens (tertiary/aromatic N) is 1. The summed E-state index contributed by atoms with van der Waals surface area (Å²) < 4.78 is 0.908. The van der Waals surface area contributed by atoms with Crippen LogP contribution < -0.4 is 5.32 Å². The summed E-state index contributed by atoms with van der Waals surface area (Å²) in [6.45, 7) is 2.59. The van der Waals surface area contributed by atoms with E-state index in [1.54, 1.807) is 17.4 Å². The third kappa shape index (κ3) is 3.65. The molecule has 0 aliphatic rings. The molecule has 1 aromatic carbocycles. The van der Waals surface area contributed by atoms with Gasteiger partial charge < -0.3 is 5.32 Å². The Bertz CT molecular complexity index is 553. The normalized spacial score (nSPS) is 10.3. The minimum absolute atomic E-state index is 0.0525. The molecule has 2 rings (SSSR count). The summed E-state index contributed by atoms with van der Waals surface area (Å²) in [5.41, 5.74) is 1.70. The molecule has 94 valence electrons. The van der Waals surface area contributed by atoms with E-state index in [0.717, 1.165) is 21.6 Å². The van der Waals surface area contributed by atoms with Crippen LogP contribution in [0.2, 0.25) is 0 Å². The van der Waals surface area contributed by atoms with E-state index in [9.17, 15) is 4.79 Å². The first-order valence-corrected chi connectivity index (χ1v) is 7.27. The fourth-order valence-corrected chi connectivity index (χ4v) is 2.61. The second-order valence-corrected chi connectivity index (χ2v) is 5.85. The minimum atomic E-state index is -0.0525. The Morgan fingerprint density at radius 3 is 3.00 bits per heavy atom. The van der Waals surface area contributed by atoms with Crippen LogP contribution in [0.4, 0.5) is 0 Å². The van der Waals surface area contributed by atoms with Gasteiger partial charge in [-0.3, -0.25) is 4.79 Å². The van der Waals surface area contributed by atoms with E-state index in [-0.39, 0.29) is 5.91 Å². The average molecular weight is 325 g/mol. The highest BCUT2D eigenvalue weighted by Crippen LogP contribution is 2.11. The van der Waals surface area contributed by atoms with Crippen molar-refractivity contribution in [2.24, 2.45) is 0 Å². The van der Waals surface area contributed by atoms with Crippen molar-refractivity contribution in [3.63, 3.8) is 0 Å². The molecule has 1 aromatic heterocycles. The molecule has 0 bridgehead atoms. The Balaban J connectivity index is 1.85. The van der Waals surface area contributed by atoms with Crippen molar-refractivity contribution in [2.45, 2.75) is 13.3 Å². The quantitative estimate of drug-likeness (QED) is 0.938. The van der Waals surface area contributed by atoms with Crippen LogP contribution in [0, 0.1) is 6.92 Å². The summed E-state index contributed by atoms with van der Waals surface area (Å²) in [5, 5.41) is 5.98. The highest BCUT2D eigenvalue weighted by Gasteiger charge is 2.05. The summed E-state index contributed by atoms with van der Waals surface area (Å²) in [4.78, 5) is 16.2. The van der Waals surface area contributed by atoms with Crippen LogP contribution in [-0.4, -0.2) is 17.4 Å². The van der Waals surface area contributed by atoms with Crippen molar-refractivity contribution in [3.05, 3.63) is 50.4 Å². The smallest absolute Gasteiger partial charge is 0.251 e. The van der Waals surface area contributed by atoms with E-state index in [1.165, 1.54) is 0 Å². The zero-order valence-electron chi connectivity index (χ0n) is 9.94. The Hall–Kier alpha value is -1.20. The monoisotopic (exact) mass is 324 g/mol. The number of carbonyl (C=O) groups is 1. The molecule has 2 aromatic rings. The first-order valence-electron chi connectivity index (χ1n) is 5.60. The predicted molar refractivity (Wildman–Crippen MR) is 77.0 cm³/mol. The SMILES string of the molecule is Cc1nc(CCNC(=O)c2cccc(Br)c2)cs1. The van der Waals surface area contributed by atoms with Crippen LogP contribution in [-0.2, 0) is 6.42 Å². The Morgan fingerprint density at radius 2 is 2.33 bits per heavy atom. The lowest BCUT2D eigenvalue weighted by molar-refractivity contribution is 0.0954. The Kier molecular flexibility index (Phi) is 4.49. The maximum Gasteiger partial charge on any atom is 0.251 e. The Labute approximate surface area is 118 Å². The second kappa shape index (κ2) is 6.11. The largest absolute Gasteiger partial charge is 0.352 e. The van der Waals surface area contributed by atoms with E-state index in [0.29, 0.717) is 12.1 Å². The molecule has 0 aliphatic heterocycles. The van der Waals surface area contributed by atoms with Crippen LogP contribution >= 0.6 is 27.3 Å². The number of hydrogen-bond donors (Lipinski definition) is 1. The number of thiazole rings is 1. The molecule has 3 nitrogen and oxygen atoms in total. The molecular weight excluding hydrogens is 312 g/mol. The van der Waals surface area contributed by atoms with Crippen LogP contribution in [0.15, 0.2) is 34.1 Å². The van der Waals surface area contributed by atoms with Crippen LogP contribution in [0.5, 0.6) is 0 Å². The summed E-state index contributed by atoms with van der Waals surface area (Å²) >= 11 is 4.98. The lowest BCUT2D eigenvalue weighted by Crippen LogP contribution is -2.25. The first-order chi connectivity index (χ1) is 8.65. The molecule has 0 atom stereocenters. The lowest BCUT2D eigenvalue weighted by Gasteiger charge is -2.04. The van der Waals surface area contributed by atoms with E-state index < -0.39 is 0 Å². The summed E-state index contributed by atoms with van der Waals surface area (Å²) in [6.07, 6.45) is 0.768. The summed E-state index contributed by atoms with van der Waals surface area (Å²) in [7, 11) is 0. The molecule has 0 fully saturated rings. The van der Waals surface area contributed by atoms with Crippen molar-refractivity contribution in [2.75, 3.05) is 6.54 Å². The molecule has 1 heterocycles. The molecular formula is C13H13BrN2OS. The lowest BCUT2D eigenvalue weighted by atomic mass is 10.2. The fourth-order valence-electron chi connectivity index (χ4n) is 1.56. The maximum absolute atomic E-state index is 11.8. The number of rotatable bonds is 4. The van der Waals surface area contributed by atoms with Crippen LogP contribution in [0.3, 0.4) is 0 Å². The van der Waals surface area contributed by atoms with Gasteiger partial charge in [-0.2, -0.15) is 0 Å². The van der Waals surface area contributed by atoms with Crippen molar-refractivity contribution in [1.29, 1.82) is 0 Å². The van der Waals surface area contributed by atoms with Gasteiger partial charge in [0.25, 0.3) is 5.91 Å². The van der Waals surface area contributed by atoms with Crippen LogP contribution in [0.25, 0.3) is 0 Å². The summed E-state index contributed by atoms with van der Waals surface area (Å²) in [6, 6.07) is 7.35. The van der Waals surface area contributed by atoms with Gasteiger partial charge in [0.2, 0.25) is 0 Å². The first kappa shape index (κ1) is 13.2. The van der Waals surface area contributed by atoms with Crippen LogP contribution in [0.1, 0.15) is 21.1 Å². The van der Waals surface area contributed by atoms with Crippen molar-refractivity contribution < 1.29 is 4.79 Å². The number of aromatic nitrogens is 1. The third-order valence-corrected chi connectivity index (χ3v) is 3.74. The Morgan fingerprint density at radius 1 is 1.50 bits per heavy atom. The highest BCUT2D eigenvalue weighted by molar-refractivity contribution is 9.10. The highest BCUT2D eigenvalue weighted by atomic mass is 79.9. The molecule has 1 N–H and O–H groups in total. The van der Waals surface area contributed by atoms with E-state index in [1.807, 2.05) is 30.5 Å². The zero-order valence-corrected chi connectivity index (χ0v) is 12.3. The maximum atomic E-state index is 11.8. The molecule has 0 unspecified atom stereocenters. The number of aryl methyl sites for hydroxylation is 1. The minimum Gasteiger partial charge on any atom is -0.352 e. The van der Waals surface area contributed by atoms with E-state index in [2.05, 4.69) is 26.2 Å². The summed E-state index contributed by atoms with van der Waals surface area (Å²) in [5.74, 6) is -0.0525. The molecule has 0 aliphatic carbocycles. The van der Waals surface area contributed by atoms with Gasteiger partial charge in [0, 0.05) is 28.4 Å². The standard InChI is InChI=1S/C13H13BrN2OS/c1-9-16-12(8-18-9)5-6-15-13(17)10-3-2-4-11(14)7-10/h2-4,7-8H,5-6H2,1H3,(H,15,17). The van der Waals surface area contributed by atoms with Gasteiger partial charge in [-0.05, 0) is 25.1 Å². The molecule has 0 spiro atoms. The van der Waals surface area contributed by atoms with Crippen molar-refractivity contribution in [1.82, 2.24) is 10.3 Å². The number of hydrogen-bond acceptors (Lipinski definition) is 3. The number of benzene rings is 1. The van der Waals surface area contributed by atoms with Gasteiger partial charge in [0.15, 0.2) is 0 Å². The van der Waals surface area contributed by atoms with Gasteiger partial charge in [-0.1, -0.05) is 22.0 Å². The zero-order chi connectivity index (χ0) is 13.0. The fraction of sp³-hybridized carbons (Fsp3) is 0.231. The third-order valence-electron chi connectivity index (χ3n) is 2.42. The van der Waals surface area contributed by atoms with Gasteiger partial charge in [0.05, 0.1) is 10.7 Å². The number of halogens is 1. The molecule has 5 heteroatoms. The van der Waals surface area contributed by atoms with E-state index in [4.69, 9.17) is 0 Å². The van der Waals surface area contributed by atoms with Gasteiger partial charge in [-0.15, -0.1) is 11.3 Å². The number of amides is 1. The van der Waals surface area contributed by atoms with Gasteiger partial charge >= 0.3 is 0 Å². The van der Waals surface area contributed by atoms with Crippen molar-refractivity contribution in [3.8, 4) is 0 Å². The molecule has 0 radical (unpaired) electrons. The molecule has 0 saturated heterocycles. The van der Waals surface area contributed by atoms with E-state index >= 15 is 0 Å². The average Bonchev–Trinajstić information content (AvgIpc) is 2.75. The molecule has 1 amide bonds. The number of nitrogens with one attached hydrogen (secondary N) is 1.